The summed E-state index contributed by atoms with van der Waals surface area (Å²) >= 11 is 0. The zero-order chi connectivity index (χ0) is 29.1. The molecule has 8 heteroatoms. The van der Waals surface area contributed by atoms with Crippen LogP contribution in [0.15, 0.2) is 60.7 Å². The van der Waals surface area contributed by atoms with E-state index in [4.69, 9.17) is 37.9 Å². The Morgan fingerprint density at radius 1 is 0.476 bits per heavy atom. The predicted octanol–water partition coefficient (Wildman–Crippen LogP) is 6.42. The molecular weight excluding hydrogens is 536 g/mol. The summed E-state index contributed by atoms with van der Waals surface area (Å²) in [7, 11) is 6.66. The topological polar surface area (TPSA) is 73.8 Å². The van der Waals surface area contributed by atoms with Crippen LogP contribution in [0.25, 0.3) is 11.1 Å². The van der Waals surface area contributed by atoms with E-state index >= 15 is 0 Å². The van der Waals surface area contributed by atoms with Crippen molar-refractivity contribution >= 4 is 0 Å². The second-order valence-electron chi connectivity index (χ2n) is 10.1. The maximum Gasteiger partial charge on any atom is 0.231 e. The molecule has 0 fully saturated rings. The highest BCUT2D eigenvalue weighted by atomic mass is 16.7. The van der Waals surface area contributed by atoms with Gasteiger partial charge in [0.1, 0.15) is 11.5 Å². The lowest BCUT2D eigenvalue weighted by atomic mass is 9.93. The summed E-state index contributed by atoms with van der Waals surface area (Å²) in [5.41, 5.74) is 6.14. The van der Waals surface area contributed by atoms with E-state index in [9.17, 15) is 0 Å². The van der Waals surface area contributed by atoms with Gasteiger partial charge in [0, 0.05) is 11.1 Å². The monoisotopic (exact) mass is 570 g/mol. The van der Waals surface area contributed by atoms with Crippen LogP contribution in [0.2, 0.25) is 0 Å². The van der Waals surface area contributed by atoms with Crippen molar-refractivity contribution in [2.45, 2.75) is 25.7 Å². The van der Waals surface area contributed by atoms with Gasteiger partial charge in [-0.05, 0) is 84.3 Å². The number of benzene rings is 4. The Morgan fingerprint density at radius 3 is 1.21 bits per heavy atom. The molecule has 0 atom stereocenters. The van der Waals surface area contributed by atoms with E-state index in [1.54, 1.807) is 28.4 Å². The van der Waals surface area contributed by atoms with Gasteiger partial charge >= 0.3 is 0 Å². The summed E-state index contributed by atoms with van der Waals surface area (Å²) in [4.78, 5) is 0. The third kappa shape index (κ3) is 5.20. The van der Waals surface area contributed by atoms with E-state index in [1.807, 2.05) is 24.3 Å². The smallest absolute Gasteiger partial charge is 0.231 e. The second kappa shape index (κ2) is 12.0. The molecule has 42 heavy (non-hydrogen) atoms. The van der Waals surface area contributed by atoms with Crippen molar-refractivity contribution in [3.8, 4) is 57.1 Å². The van der Waals surface area contributed by atoms with Crippen LogP contribution in [0.5, 0.6) is 46.0 Å². The van der Waals surface area contributed by atoms with Crippen LogP contribution in [-0.2, 0) is 25.7 Å². The van der Waals surface area contributed by atoms with E-state index in [1.165, 1.54) is 11.1 Å². The Balaban J connectivity index is 1.39. The Morgan fingerprint density at radius 2 is 0.857 bits per heavy atom. The average Bonchev–Trinajstić information content (AvgIpc) is 3.73. The molecule has 0 bridgehead atoms. The average molecular weight is 571 g/mol. The summed E-state index contributed by atoms with van der Waals surface area (Å²) in [6, 6.07) is 20.5. The first kappa shape index (κ1) is 27.4. The molecule has 4 aromatic rings. The highest BCUT2D eigenvalue weighted by Gasteiger charge is 2.32. The summed E-state index contributed by atoms with van der Waals surface area (Å²) in [6.45, 7) is 0.224. The maximum absolute atomic E-state index is 6.02. The number of aryl methyl sites for hydroxylation is 4. The van der Waals surface area contributed by atoms with Crippen LogP contribution in [0.3, 0.4) is 0 Å². The van der Waals surface area contributed by atoms with Crippen LogP contribution < -0.4 is 37.9 Å². The second-order valence-corrected chi connectivity index (χ2v) is 10.1. The quantitative estimate of drug-likeness (QED) is 0.205. The zero-order valence-electron chi connectivity index (χ0n) is 24.3. The Hall–Kier alpha value is -4.72. The third-order valence-electron chi connectivity index (χ3n) is 7.73. The molecule has 6 rings (SSSR count). The van der Waals surface area contributed by atoms with Gasteiger partial charge in [-0.15, -0.1) is 0 Å². The Kier molecular flexibility index (Phi) is 7.86. The lowest BCUT2D eigenvalue weighted by Gasteiger charge is -2.18. The summed E-state index contributed by atoms with van der Waals surface area (Å²) in [5.74, 6) is 5.49. The summed E-state index contributed by atoms with van der Waals surface area (Å²) < 4.78 is 46.3. The van der Waals surface area contributed by atoms with Gasteiger partial charge in [0.25, 0.3) is 0 Å². The summed E-state index contributed by atoms with van der Waals surface area (Å²) in [5, 5.41) is 0. The van der Waals surface area contributed by atoms with Crippen molar-refractivity contribution in [2.24, 2.45) is 0 Å². The van der Waals surface area contributed by atoms with Gasteiger partial charge in [-0.25, -0.2) is 0 Å². The zero-order valence-corrected chi connectivity index (χ0v) is 24.3. The Bertz CT molecular complexity index is 1440. The molecule has 0 N–H and O–H groups in total. The van der Waals surface area contributed by atoms with Gasteiger partial charge in [0.05, 0.1) is 28.4 Å². The Labute approximate surface area is 245 Å². The van der Waals surface area contributed by atoms with Crippen molar-refractivity contribution in [1.29, 1.82) is 0 Å². The molecule has 218 valence electrons. The number of fused-ring (bicyclic) bond motifs is 2. The normalized spacial score (nSPS) is 12.8. The van der Waals surface area contributed by atoms with Crippen LogP contribution in [0.1, 0.15) is 22.3 Å². The first-order valence-corrected chi connectivity index (χ1v) is 13.9. The maximum atomic E-state index is 6.02. The van der Waals surface area contributed by atoms with Crippen LogP contribution in [0.4, 0.5) is 0 Å². The minimum Gasteiger partial charge on any atom is -0.497 e. The fraction of sp³-hybridized carbons (Fsp3) is 0.294. The van der Waals surface area contributed by atoms with Crippen LogP contribution in [0, 0.1) is 0 Å². The van der Waals surface area contributed by atoms with E-state index < -0.39 is 0 Å². The van der Waals surface area contributed by atoms with E-state index in [2.05, 4.69) is 36.4 Å². The largest absolute Gasteiger partial charge is 0.497 e. The molecule has 2 aliphatic rings. The lowest BCUT2D eigenvalue weighted by Crippen LogP contribution is -2.00. The van der Waals surface area contributed by atoms with Gasteiger partial charge < -0.3 is 37.9 Å². The van der Waals surface area contributed by atoms with E-state index in [0.29, 0.717) is 34.5 Å². The lowest BCUT2D eigenvalue weighted by molar-refractivity contribution is 0.170. The highest BCUT2D eigenvalue weighted by Crippen LogP contribution is 2.56. The van der Waals surface area contributed by atoms with Gasteiger partial charge in [0.2, 0.25) is 25.1 Å². The first-order chi connectivity index (χ1) is 20.6. The van der Waals surface area contributed by atoms with E-state index in [0.717, 1.165) is 59.4 Å². The van der Waals surface area contributed by atoms with Crippen LogP contribution >= 0.6 is 0 Å². The van der Waals surface area contributed by atoms with Crippen molar-refractivity contribution in [2.75, 3.05) is 42.0 Å². The molecule has 0 radical (unpaired) electrons. The number of hydrogen-bond acceptors (Lipinski definition) is 8. The van der Waals surface area contributed by atoms with Gasteiger partial charge in [-0.2, -0.15) is 0 Å². The van der Waals surface area contributed by atoms with Gasteiger partial charge in [-0.1, -0.05) is 24.3 Å². The third-order valence-corrected chi connectivity index (χ3v) is 7.73. The fourth-order valence-electron chi connectivity index (χ4n) is 5.56. The molecule has 0 unspecified atom stereocenters. The molecule has 8 nitrogen and oxygen atoms in total. The molecule has 0 saturated heterocycles. The predicted molar refractivity (Wildman–Crippen MR) is 158 cm³/mol. The number of hydrogen-bond donors (Lipinski definition) is 0. The van der Waals surface area contributed by atoms with E-state index in [-0.39, 0.29) is 13.6 Å². The molecular formula is C34H34O8. The molecule has 2 aliphatic heterocycles. The standard InChI is InChI=1S/C34H34O8/c1-35-25-13-7-21(8-14-25)5-11-23-17-27(31-33(29(23)37-3)41-19-39-31)28-18-24(30(38-4)34-32(28)40-20-42-34)12-6-22-9-15-26(36-2)16-10-22/h7-10,13-18H,5-6,11-12,19-20H2,1-4H3. The minimum absolute atomic E-state index is 0.112. The first-order valence-electron chi connectivity index (χ1n) is 13.9. The molecule has 0 spiro atoms. The SMILES string of the molecule is COc1ccc(CCc2cc(-c3cc(CCc4ccc(OC)cc4)c(OC)c4c3OCO4)c3c(c2OC)OCO3)cc1. The van der Waals surface area contributed by atoms with Crippen molar-refractivity contribution < 1.29 is 37.9 Å². The van der Waals surface area contributed by atoms with Gasteiger partial charge in [-0.3, -0.25) is 0 Å². The van der Waals surface area contributed by atoms with Crippen molar-refractivity contribution in [3.05, 3.63) is 82.9 Å². The van der Waals surface area contributed by atoms with Gasteiger partial charge in [0.15, 0.2) is 23.0 Å². The van der Waals surface area contributed by atoms with Crippen molar-refractivity contribution in [3.63, 3.8) is 0 Å². The van der Waals surface area contributed by atoms with Crippen molar-refractivity contribution in [1.82, 2.24) is 0 Å². The molecule has 0 aromatic heterocycles. The number of rotatable bonds is 11. The molecule has 0 aliphatic carbocycles. The summed E-state index contributed by atoms with van der Waals surface area (Å²) in [6.07, 6.45) is 3.10. The molecule has 2 heterocycles. The number of ether oxygens (including phenoxy) is 8. The van der Waals surface area contributed by atoms with Crippen LogP contribution in [-0.4, -0.2) is 42.0 Å². The highest BCUT2D eigenvalue weighted by molar-refractivity contribution is 5.86. The fourth-order valence-corrected chi connectivity index (χ4v) is 5.56. The molecule has 0 saturated carbocycles. The molecule has 4 aromatic carbocycles. The minimum atomic E-state index is 0.112. The molecule has 0 amide bonds. The number of methoxy groups -OCH3 is 4.